The van der Waals surface area contributed by atoms with E-state index in [1.165, 1.54) is 0 Å². The Kier molecular flexibility index (Phi) is 10.2. The summed E-state index contributed by atoms with van der Waals surface area (Å²) in [6.07, 6.45) is 2.23. The minimum absolute atomic E-state index is 0.143. The topological polar surface area (TPSA) is 71.1 Å². The van der Waals surface area contributed by atoms with E-state index in [9.17, 15) is 9.59 Å². The summed E-state index contributed by atoms with van der Waals surface area (Å²) in [5.41, 5.74) is 1.86. The first kappa shape index (κ1) is 26.7. The maximum Gasteiger partial charge on any atom is 0.330 e. The lowest BCUT2D eigenvalue weighted by atomic mass is 9.78. The van der Waals surface area contributed by atoms with Crippen LogP contribution < -0.4 is 9.47 Å². The Hall–Kier alpha value is -2.58. The fourth-order valence-corrected chi connectivity index (χ4v) is 3.87. The van der Waals surface area contributed by atoms with Gasteiger partial charge in [-0.25, -0.2) is 9.59 Å². The van der Waals surface area contributed by atoms with E-state index < -0.39 is 11.9 Å². The van der Waals surface area contributed by atoms with Gasteiger partial charge in [0.25, 0.3) is 0 Å². The van der Waals surface area contributed by atoms with Gasteiger partial charge in [0.2, 0.25) is 0 Å². The Balaban J connectivity index is 2.04. The maximum atomic E-state index is 11.1. The largest absolute Gasteiger partial charge is 0.489 e. The SMILES string of the molecule is C=CC(=O)OCCOc1ccc(C(C)(C)c2ccc(OCCOC(=O)C=C)c(Br)c2)cc1Br. The number of carbonyl (C=O) groups is 2. The lowest BCUT2D eigenvalue weighted by Crippen LogP contribution is -2.19. The van der Waals surface area contributed by atoms with Crippen molar-refractivity contribution in [1.29, 1.82) is 0 Å². The van der Waals surface area contributed by atoms with Crippen molar-refractivity contribution in [2.24, 2.45) is 0 Å². The zero-order valence-corrected chi connectivity index (χ0v) is 21.7. The molecule has 0 amide bonds. The van der Waals surface area contributed by atoms with Crippen molar-refractivity contribution in [2.45, 2.75) is 19.3 Å². The van der Waals surface area contributed by atoms with E-state index in [0.717, 1.165) is 32.2 Å². The van der Waals surface area contributed by atoms with Crippen LogP contribution in [-0.2, 0) is 24.5 Å². The number of ether oxygens (including phenoxy) is 4. The predicted octanol–water partition coefficient (Wildman–Crippen LogP) is 5.75. The Morgan fingerprint density at radius 3 is 1.52 bits per heavy atom. The molecule has 0 saturated carbocycles. The molecule has 2 aromatic carbocycles. The second-order valence-corrected chi connectivity index (χ2v) is 9.06. The normalized spacial score (nSPS) is 10.8. The molecule has 0 aliphatic heterocycles. The number of halogens is 2. The first-order chi connectivity index (χ1) is 15.7. The molecule has 0 heterocycles. The molecule has 0 atom stereocenters. The standard InChI is InChI=1S/C25H26Br2O6/c1-5-23(28)32-13-11-30-21-9-7-17(15-19(21)26)25(3,4)18-8-10-22(20(27)16-18)31-12-14-33-24(29)6-2/h5-10,15-16H,1-2,11-14H2,3-4H3. The van der Waals surface area contributed by atoms with Crippen molar-refractivity contribution in [3.05, 3.63) is 81.8 Å². The molecule has 0 aromatic heterocycles. The molecule has 8 heteroatoms. The molecular formula is C25H26Br2O6. The molecule has 0 saturated heterocycles. The second-order valence-electron chi connectivity index (χ2n) is 7.36. The molecule has 0 aliphatic carbocycles. The van der Waals surface area contributed by atoms with Crippen molar-refractivity contribution in [2.75, 3.05) is 26.4 Å². The smallest absolute Gasteiger partial charge is 0.330 e. The third-order valence-electron chi connectivity index (χ3n) is 4.81. The van der Waals surface area contributed by atoms with E-state index in [4.69, 9.17) is 18.9 Å². The van der Waals surface area contributed by atoms with Crippen molar-refractivity contribution in [3.8, 4) is 11.5 Å². The van der Waals surface area contributed by atoms with Gasteiger partial charge in [0.15, 0.2) is 0 Å². The summed E-state index contributed by atoms with van der Waals surface area (Å²) < 4.78 is 22.8. The molecule has 0 spiro atoms. The van der Waals surface area contributed by atoms with E-state index >= 15 is 0 Å². The molecule has 0 N–H and O–H groups in total. The van der Waals surface area contributed by atoms with Gasteiger partial charge in [-0.05, 0) is 67.3 Å². The molecular weight excluding hydrogens is 556 g/mol. The highest BCUT2D eigenvalue weighted by Crippen LogP contribution is 2.38. The summed E-state index contributed by atoms with van der Waals surface area (Å²) in [5.74, 6) is 0.361. The van der Waals surface area contributed by atoms with Crippen LogP contribution in [0.2, 0.25) is 0 Å². The third kappa shape index (κ3) is 7.75. The molecule has 6 nitrogen and oxygen atoms in total. The van der Waals surface area contributed by atoms with Crippen LogP contribution >= 0.6 is 31.9 Å². The molecule has 0 radical (unpaired) electrons. The summed E-state index contributed by atoms with van der Waals surface area (Å²) in [7, 11) is 0. The first-order valence-electron chi connectivity index (χ1n) is 10.1. The van der Waals surface area contributed by atoms with Crippen LogP contribution in [0.5, 0.6) is 11.5 Å². The molecule has 0 bridgehead atoms. The van der Waals surface area contributed by atoms with Gasteiger partial charge in [-0.2, -0.15) is 0 Å². The minimum Gasteiger partial charge on any atom is -0.489 e. The van der Waals surface area contributed by atoms with Crippen LogP contribution in [0.1, 0.15) is 25.0 Å². The lowest BCUT2D eigenvalue weighted by molar-refractivity contribution is -0.139. The number of hydrogen-bond donors (Lipinski definition) is 0. The molecule has 2 aromatic rings. The third-order valence-corrected chi connectivity index (χ3v) is 6.05. The van der Waals surface area contributed by atoms with Crippen molar-refractivity contribution in [3.63, 3.8) is 0 Å². The van der Waals surface area contributed by atoms with Gasteiger partial charge in [0.05, 0.1) is 8.95 Å². The van der Waals surface area contributed by atoms with E-state index in [1.807, 2.05) is 36.4 Å². The van der Waals surface area contributed by atoms with Crippen molar-refractivity contribution in [1.82, 2.24) is 0 Å². The van der Waals surface area contributed by atoms with E-state index in [1.54, 1.807) is 0 Å². The van der Waals surface area contributed by atoms with Gasteiger partial charge >= 0.3 is 11.9 Å². The Bertz CT molecular complexity index is 936. The Labute approximate surface area is 210 Å². The number of rotatable bonds is 12. The van der Waals surface area contributed by atoms with Gasteiger partial charge < -0.3 is 18.9 Å². The number of esters is 2. The Morgan fingerprint density at radius 1 is 0.788 bits per heavy atom. The monoisotopic (exact) mass is 580 g/mol. The van der Waals surface area contributed by atoms with Crippen LogP contribution in [0, 0.1) is 0 Å². The fourth-order valence-electron chi connectivity index (χ4n) is 2.89. The highest BCUT2D eigenvalue weighted by molar-refractivity contribution is 9.10. The highest BCUT2D eigenvalue weighted by atomic mass is 79.9. The van der Waals surface area contributed by atoms with Crippen LogP contribution in [0.25, 0.3) is 0 Å². The summed E-state index contributed by atoms with van der Waals surface area (Å²) in [4.78, 5) is 22.2. The van der Waals surface area contributed by atoms with Crippen LogP contribution in [0.4, 0.5) is 0 Å². The molecule has 0 fully saturated rings. The quantitative estimate of drug-likeness (QED) is 0.180. The number of carbonyl (C=O) groups excluding carboxylic acids is 2. The van der Waals surface area contributed by atoms with Crippen LogP contribution in [0.3, 0.4) is 0 Å². The zero-order valence-electron chi connectivity index (χ0n) is 18.6. The maximum absolute atomic E-state index is 11.1. The van der Waals surface area contributed by atoms with E-state index in [0.29, 0.717) is 11.5 Å². The molecule has 176 valence electrons. The number of hydrogen-bond acceptors (Lipinski definition) is 6. The van der Waals surface area contributed by atoms with E-state index in [2.05, 4.69) is 58.9 Å². The summed E-state index contributed by atoms with van der Waals surface area (Å²) >= 11 is 7.13. The van der Waals surface area contributed by atoms with Gasteiger partial charge in [0.1, 0.15) is 37.9 Å². The highest BCUT2D eigenvalue weighted by Gasteiger charge is 2.25. The summed E-state index contributed by atoms with van der Waals surface area (Å²) in [5, 5.41) is 0. The van der Waals surface area contributed by atoms with Gasteiger partial charge in [0, 0.05) is 17.6 Å². The number of benzene rings is 2. The molecule has 2 rings (SSSR count). The molecule has 0 unspecified atom stereocenters. The molecule has 0 aliphatic rings. The van der Waals surface area contributed by atoms with Crippen LogP contribution in [0.15, 0.2) is 70.7 Å². The van der Waals surface area contributed by atoms with Crippen molar-refractivity contribution >= 4 is 43.8 Å². The van der Waals surface area contributed by atoms with Gasteiger partial charge in [-0.3, -0.25) is 0 Å². The van der Waals surface area contributed by atoms with Gasteiger partial charge in [-0.15, -0.1) is 0 Å². The zero-order chi connectivity index (χ0) is 24.4. The van der Waals surface area contributed by atoms with E-state index in [-0.39, 0.29) is 31.8 Å². The summed E-state index contributed by atoms with van der Waals surface area (Å²) in [6, 6.07) is 11.8. The summed E-state index contributed by atoms with van der Waals surface area (Å²) in [6.45, 7) is 11.7. The molecule has 33 heavy (non-hydrogen) atoms. The Morgan fingerprint density at radius 2 is 1.18 bits per heavy atom. The second kappa shape index (κ2) is 12.6. The minimum atomic E-state index is -0.478. The fraction of sp³-hybridized carbons (Fsp3) is 0.280. The lowest BCUT2D eigenvalue weighted by Gasteiger charge is -2.27. The predicted molar refractivity (Wildman–Crippen MR) is 134 cm³/mol. The van der Waals surface area contributed by atoms with Crippen molar-refractivity contribution < 1.29 is 28.5 Å². The van der Waals surface area contributed by atoms with Gasteiger partial charge in [-0.1, -0.05) is 39.1 Å². The van der Waals surface area contributed by atoms with Crippen LogP contribution in [-0.4, -0.2) is 38.4 Å². The average molecular weight is 582 g/mol. The first-order valence-corrected chi connectivity index (χ1v) is 11.7. The average Bonchev–Trinajstić information content (AvgIpc) is 2.80.